The van der Waals surface area contributed by atoms with Gasteiger partial charge in [0.25, 0.3) is 0 Å². The van der Waals surface area contributed by atoms with Crippen molar-refractivity contribution in [3.8, 4) is 5.75 Å². The zero-order valence-electron chi connectivity index (χ0n) is 11.8. The van der Waals surface area contributed by atoms with Crippen molar-refractivity contribution in [3.63, 3.8) is 0 Å². The highest BCUT2D eigenvalue weighted by Crippen LogP contribution is 2.19. The molecule has 6 heteroatoms. The molecule has 0 heterocycles. The second-order valence-electron chi connectivity index (χ2n) is 4.09. The lowest BCUT2D eigenvalue weighted by Crippen LogP contribution is -2.28. The van der Waals surface area contributed by atoms with E-state index in [9.17, 15) is 4.79 Å². The molecule has 0 saturated carbocycles. The molecule has 1 aromatic carbocycles. The van der Waals surface area contributed by atoms with E-state index in [0.717, 1.165) is 0 Å². The fraction of sp³-hybridized carbons (Fsp3) is 0.500. The van der Waals surface area contributed by atoms with E-state index in [-0.39, 0.29) is 12.3 Å². The number of methoxy groups -OCH3 is 1. The summed E-state index contributed by atoms with van der Waals surface area (Å²) in [5.74, 6) is 0.526. The molecule has 0 aromatic heterocycles. The second-order valence-corrected chi connectivity index (χ2v) is 4.09. The Bertz CT molecular complexity index is 399. The lowest BCUT2D eigenvalue weighted by atomic mass is 10.3. The summed E-state index contributed by atoms with van der Waals surface area (Å²) in [6, 6.07) is 7.20. The van der Waals surface area contributed by atoms with Crippen LogP contribution in [0.15, 0.2) is 24.3 Å². The van der Waals surface area contributed by atoms with E-state index in [4.69, 9.17) is 19.9 Å². The van der Waals surface area contributed by atoms with Gasteiger partial charge in [-0.1, -0.05) is 12.1 Å². The third kappa shape index (κ3) is 6.96. The highest BCUT2D eigenvalue weighted by molar-refractivity contribution is 5.76. The molecule has 1 amide bonds. The molecule has 0 unspecified atom stereocenters. The van der Waals surface area contributed by atoms with E-state index in [1.165, 1.54) is 0 Å². The molecule has 1 rings (SSSR count). The maximum absolute atomic E-state index is 11.5. The molecule has 0 spiro atoms. The summed E-state index contributed by atoms with van der Waals surface area (Å²) in [6.45, 7) is 2.34. The van der Waals surface area contributed by atoms with Crippen LogP contribution in [0, 0.1) is 0 Å². The van der Waals surface area contributed by atoms with Crippen LogP contribution < -0.4 is 15.8 Å². The van der Waals surface area contributed by atoms with Crippen LogP contribution in [-0.2, 0) is 14.3 Å². The Labute approximate surface area is 119 Å². The Hall–Kier alpha value is -1.79. The zero-order chi connectivity index (χ0) is 14.6. The smallest absolute Gasteiger partial charge is 0.223 e. The van der Waals surface area contributed by atoms with Gasteiger partial charge in [-0.15, -0.1) is 0 Å². The van der Waals surface area contributed by atoms with Crippen LogP contribution in [0.5, 0.6) is 5.75 Å². The average molecular weight is 282 g/mol. The number of nitrogen functional groups attached to an aromatic ring is 1. The number of amides is 1. The maximum Gasteiger partial charge on any atom is 0.223 e. The molecule has 112 valence electrons. The number of para-hydroxylation sites is 2. The Balaban J connectivity index is 2.04. The van der Waals surface area contributed by atoms with Gasteiger partial charge in [-0.2, -0.15) is 0 Å². The van der Waals surface area contributed by atoms with Crippen molar-refractivity contribution in [1.82, 2.24) is 5.32 Å². The Morgan fingerprint density at radius 3 is 2.75 bits per heavy atom. The number of carbonyl (C=O) groups is 1. The van der Waals surface area contributed by atoms with E-state index < -0.39 is 0 Å². The van der Waals surface area contributed by atoms with Crippen molar-refractivity contribution in [1.29, 1.82) is 0 Å². The molecule has 0 saturated heterocycles. The molecule has 0 aliphatic heterocycles. The van der Waals surface area contributed by atoms with E-state index >= 15 is 0 Å². The predicted molar refractivity (Wildman–Crippen MR) is 76.7 cm³/mol. The molecular weight excluding hydrogens is 260 g/mol. The standard InChI is InChI=1S/C14H22N2O4/c1-18-10-11-19-9-7-16-14(17)6-8-20-13-5-3-2-4-12(13)15/h2-5H,6-11,15H2,1H3,(H,16,17). The van der Waals surface area contributed by atoms with Crippen molar-refractivity contribution in [2.45, 2.75) is 6.42 Å². The number of hydrogen-bond acceptors (Lipinski definition) is 5. The third-order valence-electron chi connectivity index (χ3n) is 2.51. The molecule has 0 bridgehead atoms. The van der Waals surface area contributed by atoms with Crippen molar-refractivity contribution in [2.24, 2.45) is 0 Å². The monoisotopic (exact) mass is 282 g/mol. The van der Waals surface area contributed by atoms with Gasteiger partial charge in [0, 0.05) is 13.7 Å². The normalized spacial score (nSPS) is 10.2. The van der Waals surface area contributed by atoms with Gasteiger partial charge < -0.3 is 25.3 Å². The summed E-state index contributed by atoms with van der Waals surface area (Å²) in [4.78, 5) is 11.5. The van der Waals surface area contributed by atoms with Crippen LogP contribution in [0.25, 0.3) is 0 Å². The zero-order valence-corrected chi connectivity index (χ0v) is 11.8. The van der Waals surface area contributed by atoms with Crippen LogP contribution in [0.4, 0.5) is 5.69 Å². The average Bonchev–Trinajstić information content (AvgIpc) is 2.45. The molecule has 0 aliphatic carbocycles. The number of hydrogen-bond donors (Lipinski definition) is 2. The molecule has 20 heavy (non-hydrogen) atoms. The number of benzene rings is 1. The summed E-state index contributed by atoms with van der Waals surface area (Å²) < 4.78 is 15.5. The molecular formula is C14H22N2O4. The summed E-state index contributed by atoms with van der Waals surface area (Å²) in [6.07, 6.45) is 0.284. The first-order valence-electron chi connectivity index (χ1n) is 6.54. The summed E-state index contributed by atoms with van der Waals surface area (Å²) in [7, 11) is 1.62. The van der Waals surface area contributed by atoms with Gasteiger partial charge in [-0.3, -0.25) is 4.79 Å². The molecule has 3 N–H and O–H groups in total. The largest absolute Gasteiger partial charge is 0.491 e. The number of carbonyl (C=O) groups excluding carboxylic acids is 1. The first kappa shape index (κ1) is 16.3. The van der Waals surface area contributed by atoms with Gasteiger partial charge in [0.15, 0.2) is 0 Å². The van der Waals surface area contributed by atoms with Crippen molar-refractivity contribution in [3.05, 3.63) is 24.3 Å². The van der Waals surface area contributed by atoms with Crippen LogP contribution >= 0.6 is 0 Å². The van der Waals surface area contributed by atoms with Crippen LogP contribution in [-0.4, -0.2) is 46.0 Å². The van der Waals surface area contributed by atoms with Crippen LogP contribution in [0.3, 0.4) is 0 Å². The van der Waals surface area contributed by atoms with Gasteiger partial charge >= 0.3 is 0 Å². The minimum absolute atomic E-state index is 0.0742. The van der Waals surface area contributed by atoms with Crippen molar-refractivity contribution >= 4 is 11.6 Å². The fourth-order valence-corrected chi connectivity index (χ4v) is 1.46. The molecule has 0 atom stereocenters. The SMILES string of the molecule is COCCOCCNC(=O)CCOc1ccccc1N. The Morgan fingerprint density at radius 1 is 1.20 bits per heavy atom. The molecule has 0 fully saturated rings. The van der Waals surface area contributed by atoms with E-state index in [2.05, 4.69) is 5.32 Å². The van der Waals surface area contributed by atoms with E-state index in [1.54, 1.807) is 19.2 Å². The van der Waals surface area contributed by atoms with Gasteiger partial charge in [0.1, 0.15) is 5.75 Å². The van der Waals surface area contributed by atoms with Crippen LogP contribution in [0.2, 0.25) is 0 Å². The first-order chi connectivity index (χ1) is 9.74. The Kier molecular flexibility index (Phi) is 8.17. The van der Waals surface area contributed by atoms with Gasteiger partial charge in [0.05, 0.1) is 38.5 Å². The minimum Gasteiger partial charge on any atom is -0.491 e. The molecule has 1 aromatic rings. The number of nitrogens with one attached hydrogen (secondary N) is 1. The van der Waals surface area contributed by atoms with E-state index in [1.807, 2.05) is 12.1 Å². The predicted octanol–water partition coefficient (Wildman–Crippen LogP) is 0.817. The van der Waals surface area contributed by atoms with Crippen LogP contribution in [0.1, 0.15) is 6.42 Å². The quantitative estimate of drug-likeness (QED) is 0.490. The Morgan fingerprint density at radius 2 is 2.00 bits per heavy atom. The lowest BCUT2D eigenvalue weighted by Gasteiger charge is -2.09. The topological polar surface area (TPSA) is 82.8 Å². The van der Waals surface area contributed by atoms with Gasteiger partial charge in [0.2, 0.25) is 5.91 Å². The molecule has 6 nitrogen and oxygen atoms in total. The van der Waals surface area contributed by atoms with Crippen molar-refractivity contribution in [2.75, 3.05) is 45.8 Å². The lowest BCUT2D eigenvalue weighted by molar-refractivity contribution is -0.121. The minimum atomic E-state index is -0.0742. The highest BCUT2D eigenvalue weighted by Gasteiger charge is 2.03. The van der Waals surface area contributed by atoms with E-state index in [0.29, 0.717) is 44.4 Å². The number of rotatable bonds is 10. The summed E-state index contributed by atoms with van der Waals surface area (Å²) >= 11 is 0. The second kappa shape index (κ2) is 10.1. The number of ether oxygens (including phenoxy) is 3. The fourth-order valence-electron chi connectivity index (χ4n) is 1.46. The third-order valence-corrected chi connectivity index (χ3v) is 2.51. The summed E-state index contributed by atoms with van der Waals surface area (Å²) in [5, 5.41) is 2.74. The number of nitrogens with two attached hydrogens (primary N) is 1. The highest BCUT2D eigenvalue weighted by atomic mass is 16.5. The van der Waals surface area contributed by atoms with Crippen molar-refractivity contribution < 1.29 is 19.0 Å². The first-order valence-corrected chi connectivity index (χ1v) is 6.54. The summed E-state index contributed by atoms with van der Waals surface area (Å²) in [5.41, 5.74) is 6.29. The number of anilines is 1. The molecule has 0 radical (unpaired) electrons. The molecule has 0 aliphatic rings. The maximum atomic E-state index is 11.5. The van der Waals surface area contributed by atoms with Gasteiger partial charge in [-0.05, 0) is 12.1 Å². The van der Waals surface area contributed by atoms with Gasteiger partial charge in [-0.25, -0.2) is 0 Å².